The quantitative estimate of drug-likeness (QED) is 0.914. The molecule has 114 valence electrons. The van der Waals surface area contributed by atoms with Gasteiger partial charge in [0.2, 0.25) is 0 Å². The van der Waals surface area contributed by atoms with E-state index < -0.39 is 6.10 Å². The zero-order valence-electron chi connectivity index (χ0n) is 12.3. The van der Waals surface area contributed by atoms with Gasteiger partial charge in [0.05, 0.1) is 6.10 Å². The van der Waals surface area contributed by atoms with Crippen LogP contribution < -0.4 is 4.74 Å². The van der Waals surface area contributed by atoms with E-state index >= 15 is 0 Å². The van der Waals surface area contributed by atoms with E-state index in [0.717, 1.165) is 37.0 Å². The Morgan fingerprint density at radius 2 is 1.67 bits per heavy atom. The van der Waals surface area contributed by atoms with Gasteiger partial charge in [0, 0.05) is 5.41 Å². The molecule has 4 aliphatic rings. The summed E-state index contributed by atoms with van der Waals surface area (Å²) in [5, 5.41) is 10.7. The van der Waals surface area contributed by atoms with Crippen molar-refractivity contribution in [2.45, 2.75) is 44.6 Å². The summed E-state index contributed by atoms with van der Waals surface area (Å²) in [6, 6.07) is 6.43. The second kappa shape index (κ2) is 4.98. The van der Waals surface area contributed by atoms with Crippen molar-refractivity contribution in [2.24, 2.45) is 23.2 Å². The number of hydrogen-bond donors (Lipinski definition) is 1. The number of benzene rings is 1. The van der Waals surface area contributed by atoms with E-state index in [1.54, 1.807) is 18.2 Å². The Hall–Kier alpha value is -1.09. The predicted octanol–water partition coefficient (Wildman–Crippen LogP) is 3.78. The van der Waals surface area contributed by atoms with Crippen LogP contribution in [0.1, 0.15) is 38.5 Å². The third kappa shape index (κ3) is 2.36. The fourth-order valence-corrected chi connectivity index (χ4v) is 5.49. The summed E-state index contributed by atoms with van der Waals surface area (Å²) in [6.07, 6.45) is 7.04. The molecule has 2 nitrogen and oxygen atoms in total. The van der Waals surface area contributed by atoms with Crippen molar-refractivity contribution in [3.63, 3.8) is 0 Å². The summed E-state index contributed by atoms with van der Waals surface area (Å²) in [6.45, 7) is 0.215. The molecule has 0 saturated heterocycles. The Balaban J connectivity index is 1.45. The van der Waals surface area contributed by atoms with Crippen molar-refractivity contribution in [2.75, 3.05) is 6.61 Å². The highest BCUT2D eigenvalue weighted by molar-refractivity contribution is 5.23. The standard InChI is InChI=1S/C18H23FO2/c19-15-3-1-2-4-16(15)21-11-17(20)18-8-12-5-13(9-18)7-14(6-12)10-18/h1-4,12-14,17,20H,5-11H2. The van der Waals surface area contributed by atoms with Gasteiger partial charge >= 0.3 is 0 Å². The molecule has 4 aliphatic carbocycles. The van der Waals surface area contributed by atoms with Crippen LogP contribution in [0.2, 0.25) is 0 Å². The molecule has 0 radical (unpaired) electrons. The Morgan fingerprint density at radius 3 is 2.24 bits per heavy atom. The number of rotatable bonds is 4. The minimum absolute atomic E-state index is 0.0417. The van der Waals surface area contributed by atoms with Crippen LogP contribution in [0.3, 0.4) is 0 Å². The minimum Gasteiger partial charge on any atom is -0.488 e. The van der Waals surface area contributed by atoms with E-state index in [1.165, 1.54) is 25.3 Å². The fraction of sp³-hybridized carbons (Fsp3) is 0.667. The lowest BCUT2D eigenvalue weighted by atomic mass is 9.48. The first-order valence-electron chi connectivity index (χ1n) is 8.20. The van der Waals surface area contributed by atoms with Crippen molar-refractivity contribution >= 4 is 0 Å². The molecule has 5 rings (SSSR count). The lowest BCUT2D eigenvalue weighted by Gasteiger charge is -2.58. The van der Waals surface area contributed by atoms with Crippen LogP contribution in [-0.4, -0.2) is 17.8 Å². The summed E-state index contributed by atoms with van der Waals surface area (Å²) >= 11 is 0. The van der Waals surface area contributed by atoms with Gasteiger partial charge < -0.3 is 9.84 Å². The van der Waals surface area contributed by atoms with E-state index in [1.807, 2.05) is 0 Å². The molecule has 21 heavy (non-hydrogen) atoms. The van der Waals surface area contributed by atoms with Crippen LogP contribution in [0.25, 0.3) is 0 Å². The maximum Gasteiger partial charge on any atom is 0.165 e. The van der Waals surface area contributed by atoms with Gasteiger partial charge in [-0.15, -0.1) is 0 Å². The predicted molar refractivity (Wildman–Crippen MR) is 78.5 cm³/mol. The maximum atomic E-state index is 13.6. The second-order valence-corrected chi connectivity index (χ2v) is 7.54. The van der Waals surface area contributed by atoms with E-state index in [9.17, 15) is 9.50 Å². The largest absolute Gasteiger partial charge is 0.488 e. The van der Waals surface area contributed by atoms with Gasteiger partial charge in [-0.2, -0.15) is 0 Å². The number of para-hydroxylation sites is 1. The smallest absolute Gasteiger partial charge is 0.165 e. The lowest BCUT2D eigenvalue weighted by Crippen LogP contribution is -2.53. The molecule has 3 heteroatoms. The SMILES string of the molecule is OC(COc1ccccc1F)C12CC3CC(CC(C3)C1)C2. The Bertz CT molecular complexity index is 492. The molecule has 1 N–H and O–H groups in total. The summed E-state index contributed by atoms with van der Waals surface area (Å²) < 4.78 is 19.2. The van der Waals surface area contributed by atoms with Crippen molar-refractivity contribution in [1.29, 1.82) is 0 Å². The molecular weight excluding hydrogens is 267 g/mol. The number of aliphatic hydroxyl groups is 1. The van der Waals surface area contributed by atoms with Crippen molar-refractivity contribution in [3.8, 4) is 5.75 Å². The highest BCUT2D eigenvalue weighted by Gasteiger charge is 2.54. The second-order valence-electron chi connectivity index (χ2n) is 7.54. The number of hydrogen-bond acceptors (Lipinski definition) is 2. The van der Waals surface area contributed by atoms with Crippen molar-refractivity contribution in [3.05, 3.63) is 30.1 Å². The molecule has 1 aromatic carbocycles. The topological polar surface area (TPSA) is 29.5 Å². The highest BCUT2D eigenvalue weighted by Crippen LogP contribution is 2.61. The number of halogens is 1. The third-order valence-corrected chi connectivity index (χ3v) is 6.03. The molecule has 0 amide bonds. The molecule has 1 unspecified atom stereocenters. The molecular formula is C18H23FO2. The lowest BCUT2D eigenvalue weighted by molar-refractivity contribution is -0.129. The highest BCUT2D eigenvalue weighted by atomic mass is 19.1. The maximum absolute atomic E-state index is 13.6. The van der Waals surface area contributed by atoms with Crippen LogP contribution >= 0.6 is 0 Å². The average molecular weight is 290 g/mol. The normalized spacial score (nSPS) is 38.5. The third-order valence-electron chi connectivity index (χ3n) is 6.03. The monoisotopic (exact) mass is 290 g/mol. The summed E-state index contributed by atoms with van der Waals surface area (Å²) in [5.74, 6) is 2.31. The van der Waals surface area contributed by atoms with Gasteiger partial charge in [-0.05, 0) is 68.4 Å². The van der Waals surface area contributed by atoms with Crippen LogP contribution in [0.5, 0.6) is 5.75 Å². The van der Waals surface area contributed by atoms with Crippen LogP contribution in [0.4, 0.5) is 4.39 Å². The minimum atomic E-state index is -0.467. The molecule has 4 saturated carbocycles. The van der Waals surface area contributed by atoms with Crippen LogP contribution in [-0.2, 0) is 0 Å². The Kier molecular flexibility index (Phi) is 3.21. The Labute approximate surface area is 125 Å². The molecule has 0 aromatic heterocycles. The Morgan fingerprint density at radius 1 is 1.10 bits per heavy atom. The van der Waals surface area contributed by atoms with Gasteiger partial charge in [-0.3, -0.25) is 0 Å². The molecule has 1 aromatic rings. The van der Waals surface area contributed by atoms with Crippen LogP contribution in [0.15, 0.2) is 24.3 Å². The molecule has 1 atom stereocenters. The van der Waals surface area contributed by atoms with Gasteiger partial charge in [0.15, 0.2) is 11.6 Å². The van der Waals surface area contributed by atoms with E-state index in [4.69, 9.17) is 4.74 Å². The van der Waals surface area contributed by atoms with Crippen molar-refractivity contribution in [1.82, 2.24) is 0 Å². The van der Waals surface area contributed by atoms with E-state index in [2.05, 4.69) is 0 Å². The van der Waals surface area contributed by atoms with E-state index in [-0.39, 0.29) is 23.6 Å². The summed E-state index contributed by atoms with van der Waals surface area (Å²) in [5.41, 5.74) is 0.0417. The van der Waals surface area contributed by atoms with Gasteiger partial charge in [0.25, 0.3) is 0 Å². The molecule has 4 fully saturated rings. The zero-order valence-corrected chi connectivity index (χ0v) is 12.3. The van der Waals surface area contributed by atoms with Crippen molar-refractivity contribution < 1.29 is 14.2 Å². The number of aliphatic hydroxyl groups excluding tert-OH is 1. The molecule has 0 aliphatic heterocycles. The summed E-state index contributed by atoms with van der Waals surface area (Å²) in [4.78, 5) is 0. The molecule has 0 heterocycles. The van der Waals surface area contributed by atoms with Gasteiger partial charge in [-0.1, -0.05) is 12.1 Å². The number of ether oxygens (including phenoxy) is 1. The first-order valence-corrected chi connectivity index (χ1v) is 8.20. The molecule has 0 spiro atoms. The van der Waals surface area contributed by atoms with Crippen LogP contribution in [0, 0.1) is 29.0 Å². The molecule has 4 bridgehead atoms. The summed E-state index contributed by atoms with van der Waals surface area (Å²) in [7, 11) is 0. The van der Waals surface area contributed by atoms with E-state index in [0.29, 0.717) is 0 Å². The zero-order chi connectivity index (χ0) is 14.4. The van der Waals surface area contributed by atoms with Gasteiger partial charge in [0.1, 0.15) is 6.61 Å². The van der Waals surface area contributed by atoms with Gasteiger partial charge in [-0.25, -0.2) is 4.39 Å². The fourth-order valence-electron chi connectivity index (χ4n) is 5.49. The first kappa shape index (κ1) is 13.6. The first-order chi connectivity index (χ1) is 10.1. The average Bonchev–Trinajstić information content (AvgIpc) is 2.44.